The first kappa shape index (κ1) is 21.8. The van der Waals surface area contributed by atoms with Gasteiger partial charge in [0.1, 0.15) is 11.5 Å². The number of methoxy groups -OCH3 is 1. The number of aromatic nitrogens is 4. The fraction of sp³-hybridized carbons (Fsp3) is 0.167. The fourth-order valence-electron chi connectivity index (χ4n) is 3.12. The van der Waals surface area contributed by atoms with Gasteiger partial charge in [-0.2, -0.15) is 5.10 Å². The molecule has 0 unspecified atom stereocenters. The second kappa shape index (κ2) is 9.39. The summed E-state index contributed by atoms with van der Waals surface area (Å²) in [5, 5.41) is 18.4. The van der Waals surface area contributed by atoms with E-state index in [1.165, 1.54) is 0 Å². The number of nitrogens with zero attached hydrogens (tertiary/aromatic N) is 4. The predicted molar refractivity (Wildman–Crippen MR) is 126 cm³/mol. The lowest BCUT2D eigenvalue weighted by Gasteiger charge is -2.09. The maximum absolute atomic E-state index is 12.2. The predicted octanol–water partition coefficient (Wildman–Crippen LogP) is 5.03. The molecule has 0 aliphatic carbocycles. The number of rotatable bonds is 6. The van der Waals surface area contributed by atoms with E-state index in [0.29, 0.717) is 28.8 Å². The maximum atomic E-state index is 12.2. The zero-order chi connectivity index (χ0) is 23.4. The fourth-order valence-corrected chi connectivity index (χ4v) is 3.12. The molecular weight excluding hydrogens is 420 g/mol. The van der Waals surface area contributed by atoms with Crippen LogP contribution in [0.2, 0.25) is 0 Å². The SMILES string of the molecule is COc1ccc(NC(=O)Nc2ccc(Oc3ccc(-n4nc(C)c(C)c4C)nn3)cc2)cc1. The van der Waals surface area contributed by atoms with Crippen molar-refractivity contribution >= 4 is 17.4 Å². The van der Waals surface area contributed by atoms with Crippen molar-refractivity contribution in [3.05, 3.63) is 77.6 Å². The molecule has 2 N–H and O–H groups in total. The Morgan fingerprint density at radius 3 is 1.91 bits per heavy atom. The Hall–Kier alpha value is -4.40. The van der Waals surface area contributed by atoms with E-state index >= 15 is 0 Å². The number of benzene rings is 2. The van der Waals surface area contributed by atoms with Gasteiger partial charge in [-0.15, -0.1) is 10.2 Å². The highest BCUT2D eigenvalue weighted by atomic mass is 16.5. The monoisotopic (exact) mass is 444 g/mol. The molecule has 9 heteroatoms. The summed E-state index contributed by atoms with van der Waals surface area (Å²) in [6.07, 6.45) is 0. The van der Waals surface area contributed by atoms with Crippen LogP contribution in [0.5, 0.6) is 17.4 Å². The van der Waals surface area contributed by atoms with Crippen LogP contribution >= 0.6 is 0 Å². The minimum absolute atomic E-state index is 0.352. The molecule has 33 heavy (non-hydrogen) atoms. The third-order valence-electron chi connectivity index (χ3n) is 5.18. The van der Waals surface area contributed by atoms with Gasteiger partial charge in [-0.1, -0.05) is 0 Å². The van der Waals surface area contributed by atoms with Gasteiger partial charge in [0.15, 0.2) is 5.82 Å². The van der Waals surface area contributed by atoms with Crippen molar-refractivity contribution in [3.8, 4) is 23.2 Å². The molecule has 0 bridgehead atoms. The smallest absolute Gasteiger partial charge is 0.323 e. The summed E-state index contributed by atoms with van der Waals surface area (Å²) in [5.74, 6) is 2.27. The summed E-state index contributed by atoms with van der Waals surface area (Å²) in [7, 11) is 1.59. The molecule has 0 aliphatic rings. The molecule has 168 valence electrons. The van der Waals surface area contributed by atoms with Crippen LogP contribution in [0.15, 0.2) is 60.7 Å². The molecule has 0 radical (unpaired) electrons. The van der Waals surface area contributed by atoms with Gasteiger partial charge in [0.25, 0.3) is 0 Å². The largest absolute Gasteiger partial charge is 0.497 e. The Balaban J connectivity index is 1.35. The van der Waals surface area contributed by atoms with Crippen molar-refractivity contribution < 1.29 is 14.3 Å². The van der Waals surface area contributed by atoms with Gasteiger partial charge in [0.05, 0.1) is 12.8 Å². The number of ether oxygens (including phenoxy) is 2. The Bertz CT molecular complexity index is 1250. The van der Waals surface area contributed by atoms with Crippen molar-refractivity contribution in [2.45, 2.75) is 20.8 Å². The first-order valence-corrected chi connectivity index (χ1v) is 10.3. The van der Waals surface area contributed by atoms with Gasteiger partial charge in [0.2, 0.25) is 5.88 Å². The van der Waals surface area contributed by atoms with E-state index in [1.54, 1.807) is 72.5 Å². The maximum Gasteiger partial charge on any atom is 0.323 e. The Morgan fingerprint density at radius 1 is 0.818 bits per heavy atom. The highest BCUT2D eigenvalue weighted by Crippen LogP contribution is 2.23. The van der Waals surface area contributed by atoms with Crippen LogP contribution in [0.4, 0.5) is 16.2 Å². The number of carbonyl (C=O) groups is 1. The van der Waals surface area contributed by atoms with Crippen molar-refractivity contribution in [1.82, 2.24) is 20.0 Å². The number of amides is 2. The van der Waals surface area contributed by atoms with E-state index in [-0.39, 0.29) is 6.03 Å². The van der Waals surface area contributed by atoms with Crippen molar-refractivity contribution in [3.63, 3.8) is 0 Å². The van der Waals surface area contributed by atoms with Gasteiger partial charge in [-0.3, -0.25) is 0 Å². The third kappa shape index (κ3) is 5.09. The molecule has 2 aromatic carbocycles. The second-order valence-corrected chi connectivity index (χ2v) is 7.37. The average molecular weight is 444 g/mol. The molecule has 4 rings (SSSR count). The van der Waals surface area contributed by atoms with Gasteiger partial charge < -0.3 is 20.1 Å². The van der Waals surface area contributed by atoms with E-state index in [9.17, 15) is 4.79 Å². The summed E-state index contributed by atoms with van der Waals surface area (Å²) in [6, 6.07) is 17.2. The lowest BCUT2D eigenvalue weighted by Crippen LogP contribution is -2.19. The van der Waals surface area contributed by atoms with Crippen molar-refractivity contribution in [1.29, 1.82) is 0 Å². The van der Waals surface area contributed by atoms with E-state index < -0.39 is 0 Å². The minimum Gasteiger partial charge on any atom is -0.497 e. The van der Waals surface area contributed by atoms with E-state index in [4.69, 9.17) is 9.47 Å². The molecule has 0 atom stereocenters. The van der Waals surface area contributed by atoms with Crippen LogP contribution in [0.25, 0.3) is 5.82 Å². The lowest BCUT2D eigenvalue weighted by molar-refractivity contribution is 0.262. The van der Waals surface area contributed by atoms with Crippen molar-refractivity contribution in [2.75, 3.05) is 17.7 Å². The lowest BCUT2D eigenvalue weighted by atomic mass is 10.2. The van der Waals surface area contributed by atoms with E-state index in [2.05, 4.69) is 25.9 Å². The number of nitrogens with one attached hydrogen (secondary N) is 2. The average Bonchev–Trinajstić information content (AvgIpc) is 3.08. The van der Waals surface area contributed by atoms with Crippen LogP contribution < -0.4 is 20.1 Å². The highest BCUT2D eigenvalue weighted by molar-refractivity contribution is 5.99. The molecule has 2 amide bonds. The summed E-state index contributed by atoms with van der Waals surface area (Å²) < 4.78 is 12.6. The molecule has 4 aromatic rings. The van der Waals surface area contributed by atoms with Gasteiger partial charge in [-0.25, -0.2) is 9.48 Å². The van der Waals surface area contributed by atoms with Crippen LogP contribution in [-0.2, 0) is 0 Å². The Morgan fingerprint density at radius 2 is 1.42 bits per heavy atom. The molecule has 9 nitrogen and oxygen atoms in total. The molecule has 0 saturated carbocycles. The zero-order valence-electron chi connectivity index (χ0n) is 18.8. The molecule has 0 spiro atoms. The first-order chi connectivity index (χ1) is 15.9. The number of aryl methyl sites for hydroxylation is 1. The summed E-state index contributed by atoms with van der Waals surface area (Å²) in [6.45, 7) is 5.99. The van der Waals surface area contributed by atoms with Crippen LogP contribution in [0.3, 0.4) is 0 Å². The zero-order valence-corrected chi connectivity index (χ0v) is 18.8. The second-order valence-electron chi connectivity index (χ2n) is 7.37. The molecular formula is C24H24N6O3. The van der Waals surface area contributed by atoms with E-state index in [0.717, 1.165) is 22.7 Å². The standard InChI is InChI=1S/C24H24N6O3/c1-15-16(2)29-30(17(15)3)22-13-14-23(28-27-22)33-21-11-7-19(8-12-21)26-24(31)25-18-5-9-20(32-4)10-6-18/h5-14H,1-4H3,(H2,25,26,31). The van der Waals surface area contributed by atoms with Gasteiger partial charge >= 0.3 is 6.03 Å². The number of urea groups is 1. The number of hydrogen-bond donors (Lipinski definition) is 2. The minimum atomic E-state index is -0.352. The number of anilines is 2. The topological polar surface area (TPSA) is 103 Å². The summed E-state index contributed by atoms with van der Waals surface area (Å²) in [5.41, 5.74) is 4.39. The molecule has 2 aromatic heterocycles. The molecule has 2 heterocycles. The Kier molecular flexibility index (Phi) is 6.21. The molecule has 0 aliphatic heterocycles. The Labute approximate surface area is 191 Å². The highest BCUT2D eigenvalue weighted by Gasteiger charge is 2.11. The van der Waals surface area contributed by atoms with Crippen LogP contribution in [0.1, 0.15) is 17.0 Å². The molecule has 0 fully saturated rings. The normalized spacial score (nSPS) is 10.5. The van der Waals surface area contributed by atoms with Crippen molar-refractivity contribution in [2.24, 2.45) is 0 Å². The quantitative estimate of drug-likeness (QED) is 0.432. The van der Waals surface area contributed by atoms with Crippen LogP contribution in [-0.4, -0.2) is 33.1 Å². The van der Waals surface area contributed by atoms with Gasteiger partial charge in [-0.05, 0) is 80.9 Å². The molecule has 0 saturated heterocycles. The number of carbonyl (C=O) groups excluding carboxylic acids is 1. The third-order valence-corrected chi connectivity index (χ3v) is 5.18. The van der Waals surface area contributed by atoms with Crippen LogP contribution in [0, 0.1) is 20.8 Å². The van der Waals surface area contributed by atoms with E-state index in [1.807, 2.05) is 20.8 Å². The summed E-state index contributed by atoms with van der Waals surface area (Å²) in [4.78, 5) is 12.2. The summed E-state index contributed by atoms with van der Waals surface area (Å²) >= 11 is 0. The number of hydrogen-bond acceptors (Lipinski definition) is 6. The first-order valence-electron chi connectivity index (χ1n) is 10.3. The van der Waals surface area contributed by atoms with Gasteiger partial charge in [0, 0.05) is 23.1 Å².